The van der Waals surface area contributed by atoms with E-state index in [9.17, 15) is 19.4 Å². The molecule has 0 aliphatic carbocycles. The molecule has 2 N–H and O–H groups in total. The van der Waals surface area contributed by atoms with E-state index in [0.29, 0.717) is 17.4 Å². The minimum atomic E-state index is -4.61. The molecule has 0 bridgehead atoms. The Morgan fingerprint density at radius 2 is 0.775 bits per heavy atom. The lowest BCUT2D eigenvalue weighted by molar-refractivity contribution is -0.870. The Hall–Kier alpha value is -2.58. The number of hydrogen-bond donors (Lipinski definition) is 2. The van der Waals surface area contributed by atoms with Crippen LogP contribution in [0.25, 0.3) is 0 Å². The maximum absolute atomic E-state index is 13.0. The first kappa shape index (κ1) is 77.4. The fourth-order valence-electron chi connectivity index (χ4n) is 9.59. The summed E-state index contributed by atoms with van der Waals surface area (Å²) in [6, 6.07) is -0.906. The van der Waals surface area contributed by atoms with Gasteiger partial charge in [0.05, 0.1) is 39.9 Å². The lowest BCUT2D eigenvalue weighted by Gasteiger charge is -2.29. The van der Waals surface area contributed by atoms with Crippen molar-refractivity contribution in [2.75, 3.05) is 40.9 Å². The molecular weight excluding hydrogens is 1010 g/mol. The van der Waals surface area contributed by atoms with Crippen molar-refractivity contribution in [2.24, 2.45) is 0 Å². The lowest BCUT2D eigenvalue weighted by Crippen LogP contribution is -2.45. The number of amides is 1. The Morgan fingerprint density at radius 1 is 0.450 bits per heavy atom. The van der Waals surface area contributed by atoms with E-state index in [2.05, 4.69) is 104 Å². The van der Waals surface area contributed by atoms with Crippen molar-refractivity contribution in [3.8, 4) is 0 Å². The number of aliphatic hydroxyl groups excluding tert-OH is 1. The van der Waals surface area contributed by atoms with Crippen LogP contribution in [0.2, 0.25) is 0 Å². The fourth-order valence-corrected chi connectivity index (χ4v) is 10.3. The SMILES string of the molecule is CC/C=C\C/C=C\C/C=C\C/C=C\C/C=C\C/C=C\CCCCCCCCCCCCCCCCCCCCCCCCC(=O)NC(COP(=O)([O-])OCC[N+](C)(C)C)C(O)/C=C/CC/C=C/CCCCCCCCCCCCC. The number of nitrogens with zero attached hydrogens (tertiary/aromatic N) is 1. The number of unbranched alkanes of at least 4 members (excludes halogenated alkanes) is 34. The van der Waals surface area contributed by atoms with Gasteiger partial charge in [-0.2, -0.15) is 0 Å². The van der Waals surface area contributed by atoms with Crippen molar-refractivity contribution < 1.29 is 32.9 Å². The second-order valence-electron chi connectivity index (χ2n) is 23.8. The lowest BCUT2D eigenvalue weighted by atomic mass is 10.0. The average Bonchev–Trinajstić information content (AvgIpc) is 3.42. The summed E-state index contributed by atoms with van der Waals surface area (Å²) in [5.74, 6) is -0.205. The summed E-state index contributed by atoms with van der Waals surface area (Å²) in [5.41, 5.74) is 0. The van der Waals surface area contributed by atoms with Crippen LogP contribution in [0.1, 0.15) is 296 Å². The van der Waals surface area contributed by atoms with E-state index < -0.39 is 26.6 Å². The molecule has 0 rings (SSSR count). The van der Waals surface area contributed by atoms with Crippen molar-refractivity contribution in [3.05, 3.63) is 97.2 Å². The molecule has 0 saturated heterocycles. The number of carbonyl (C=O) groups is 1. The highest BCUT2D eigenvalue weighted by molar-refractivity contribution is 7.45. The molecule has 0 saturated carbocycles. The van der Waals surface area contributed by atoms with Gasteiger partial charge in [0.1, 0.15) is 13.2 Å². The van der Waals surface area contributed by atoms with Gasteiger partial charge in [-0.05, 0) is 83.5 Å². The number of hydrogen-bond acceptors (Lipinski definition) is 6. The monoisotopic (exact) mass is 1140 g/mol. The van der Waals surface area contributed by atoms with Crippen molar-refractivity contribution in [3.63, 3.8) is 0 Å². The van der Waals surface area contributed by atoms with Gasteiger partial charge in [-0.3, -0.25) is 9.36 Å². The van der Waals surface area contributed by atoms with Crippen LogP contribution in [0.15, 0.2) is 97.2 Å². The van der Waals surface area contributed by atoms with Gasteiger partial charge in [-0.15, -0.1) is 0 Å². The molecule has 0 aromatic rings. The maximum atomic E-state index is 13.0. The zero-order valence-electron chi connectivity index (χ0n) is 53.0. The Balaban J connectivity index is 3.96. The Bertz CT molecular complexity index is 1620. The van der Waals surface area contributed by atoms with Gasteiger partial charge in [-0.1, -0.05) is 304 Å². The molecule has 0 aromatic heterocycles. The highest BCUT2D eigenvalue weighted by Gasteiger charge is 2.23. The molecule has 0 fully saturated rings. The third-order valence-corrected chi connectivity index (χ3v) is 15.7. The molecule has 8 nitrogen and oxygen atoms in total. The molecule has 0 aliphatic heterocycles. The van der Waals surface area contributed by atoms with Gasteiger partial charge in [0.15, 0.2) is 0 Å². The van der Waals surface area contributed by atoms with Gasteiger partial charge >= 0.3 is 0 Å². The molecule has 464 valence electrons. The van der Waals surface area contributed by atoms with Crippen LogP contribution >= 0.6 is 7.82 Å². The van der Waals surface area contributed by atoms with Crippen molar-refractivity contribution in [1.29, 1.82) is 0 Å². The van der Waals surface area contributed by atoms with Crippen LogP contribution < -0.4 is 10.2 Å². The molecule has 80 heavy (non-hydrogen) atoms. The number of quaternary nitrogens is 1. The number of allylic oxidation sites excluding steroid dienone is 15. The molecule has 0 spiro atoms. The quantitative estimate of drug-likeness (QED) is 0.0272. The molecule has 0 aliphatic rings. The summed E-state index contributed by atoms with van der Waals surface area (Å²) in [5, 5.41) is 13.9. The standard InChI is InChI=1S/C71H129N2O6P/c1-6-8-10-12-14-16-18-20-22-24-25-26-27-28-29-30-31-32-33-34-35-36-37-38-39-40-41-42-43-44-45-46-47-49-51-53-55-57-59-61-63-65-71(75)72-69(68-79-80(76,77)78-67-66-73(3,4)5)70(74)64-62-60-58-56-54-52-50-48-23-21-19-17-15-13-11-9-7-2/h8,10,14,16,20,22,25-26,28-29,31-32,54,56,62,64,69-70,74H,6-7,9,11-13,15,17-19,21,23-24,27,30,33-53,55,57-61,63,65-68H2,1-5H3,(H-,72,75,76,77)/b10-8-,16-14-,22-20-,26-25-,29-28-,32-31-,56-54+,64-62+. The Labute approximate surface area is 496 Å². The van der Waals surface area contributed by atoms with Crippen LogP contribution in [0.3, 0.4) is 0 Å². The number of rotatable bonds is 61. The number of phosphoric ester groups is 1. The van der Waals surface area contributed by atoms with E-state index in [1.54, 1.807) is 6.08 Å². The summed E-state index contributed by atoms with van der Waals surface area (Å²) >= 11 is 0. The van der Waals surface area contributed by atoms with Gasteiger partial charge in [0.2, 0.25) is 5.91 Å². The van der Waals surface area contributed by atoms with Gasteiger partial charge in [-0.25, -0.2) is 0 Å². The molecule has 3 unspecified atom stereocenters. The number of nitrogens with one attached hydrogen (secondary N) is 1. The summed E-state index contributed by atoms with van der Waals surface area (Å²) < 4.78 is 23.4. The van der Waals surface area contributed by atoms with E-state index in [1.807, 2.05) is 27.2 Å². The fraction of sp³-hybridized carbons (Fsp3) is 0.761. The molecule has 9 heteroatoms. The van der Waals surface area contributed by atoms with Crippen LogP contribution in [-0.4, -0.2) is 68.5 Å². The highest BCUT2D eigenvalue weighted by Crippen LogP contribution is 2.38. The van der Waals surface area contributed by atoms with Gasteiger partial charge < -0.3 is 28.8 Å². The summed E-state index contributed by atoms with van der Waals surface area (Å²) in [7, 11) is 1.25. The molecular formula is C71H129N2O6P. The van der Waals surface area contributed by atoms with E-state index in [0.717, 1.165) is 77.0 Å². The predicted octanol–water partition coefficient (Wildman–Crippen LogP) is 20.7. The van der Waals surface area contributed by atoms with Crippen molar-refractivity contribution in [1.82, 2.24) is 5.32 Å². The first-order valence-corrected chi connectivity index (χ1v) is 35.1. The zero-order chi connectivity index (χ0) is 58.4. The third kappa shape index (κ3) is 63.0. The second kappa shape index (κ2) is 61.0. The zero-order valence-corrected chi connectivity index (χ0v) is 53.9. The molecule has 0 radical (unpaired) electrons. The van der Waals surface area contributed by atoms with Crippen LogP contribution in [-0.2, 0) is 18.4 Å². The van der Waals surface area contributed by atoms with Crippen LogP contribution in [0.5, 0.6) is 0 Å². The highest BCUT2D eigenvalue weighted by atomic mass is 31.2. The predicted molar refractivity (Wildman–Crippen MR) is 348 cm³/mol. The van der Waals surface area contributed by atoms with Crippen molar-refractivity contribution in [2.45, 2.75) is 309 Å². The van der Waals surface area contributed by atoms with E-state index in [-0.39, 0.29) is 12.5 Å². The first-order chi connectivity index (χ1) is 39.0. The molecule has 0 heterocycles. The third-order valence-electron chi connectivity index (χ3n) is 14.8. The molecule has 1 amide bonds. The number of aliphatic hydroxyl groups is 1. The Kier molecular flexibility index (Phi) is 59.0. The smallest absolute Gasteiger partial charge is 0.268 e. The van der Waals surface area contributed by atoms with E-state index >= 15 is 0 Å². The summed E-state index contributed by atoms with van der Waals surface area (Å²) in [4.78, 5) is 25.6. The maximum Gasteiger partial charge on any atom is 0.268 e. The molecule has 0 aromatic carbocycles. The minimum absolute atomic E-state index is 0.00738. The van der Waals surface area contributed by atoms with Crippen LogP contribution in [0.4, 0.5) is 0 Å². The van der Waals surface area contributed by atoms with Gasteiger partial charge in [0.25, 0.3) is 7.82 Å². The summed E-state index contributed by atoms with van der Waals surface area (Å²) in [6.07, 6.45) is 88.2. The number of phosphoric acid groups is 1. The van der Waals surface area contributed by atoms with E-state index in [1.165, 1.54) is 199 Å². The minimum Gasteiger partial charge on any atom is -0.756 e. The number of carbonyl (C=O) groups excluding carboxylic acids is 1. The van der Waals surface area contributed by atoms with Crippen molar-refractivity contribution >= 4 is 13.7 Å². The first-order valence-electron chi connectivity index (χ1n) is 33.6. The normalized spacial score (nSPS) is 14.3. The molecule has 3 atom stereocenters. The summed E-state index contributed by atoms with van der Waals surface area (Å²) in [6.45, 7) is 4.53. The van der Waals surface area contributed by atoms with Crippen LogP contribution in [0, 0.1) is 0 Å². The van der Waals surface area contributed by atoms with Gasteiger partial charge in [0, 0.05) is 6.42 Å². The number of likely N-dealkylation sites (N-methyl/N-ethyl adjacent to an activating group) is 1. The topological polar surface area (TPSA) is 108 Å². The average molecular weight is 1140 g/mol. The second-order valence-corrected chi connectivity index (χ2v) is 25.2. The van der Waals surface area contributed by atoms with E-state index in [4.69, 9.17) is 9.05 Å². The largest absolute Gasteiger partial charge is 0.756 e. The Morgan fingerprint density at radius 3 is 1.16 bits per heavy atom.